The molecule has 1 atom stereocenters. The second-order valence-corrected chi connectivity index (χ2v) is 4.68. The molecule has 1 unspecified atom stereocenters. The zero-order valence-corrected chi connectivity index (χ0v) is 10.9. The number of aliphatic hydroxyl groups excluding tert-OH is 1. The van der Waals surface area contributed by atoms with Crippen LogP contribution < -0.4 is 0 Å². The van der Waals surface area contributed by atoms with Crippen molar-refractivity contribution in [3.8, 4) is 0 Å². The van der Waals surface area contributed by atoms with Gasteiger partial charge >= 0.3 is 0 Å². The summed E-state index contributed by atoms with van der Waals surface area (Å²) in [6.07, 6.45) is -1.28. The fourth-order valence-corrected chi connectivity index (χ4v) is 2.07. The number of halogens is 2. The molecule has 8 heteroatoms. The van der Waals surface area contributed by atoms with Gasteiger partial charge in [-0.3, -0.25) is 14.9 Å². The number of aliphatic hydroxyl groups is 1. The van der Waals surface area contributed by atoms with E-state index >= 15 is 0 Å². The number of benzene rings is 1. The van der Waals surface area contributed by atoms with Gasteiger partial charge in [0.05, 0.1) is 9.96 Å². The van der Waals surface area contributed by atoms with Crippen molar-refractivity contribution in [1.29, 1.82) is 0 Å². The minimum Gasteiger partial charge on any atom is -0.368 e. The van der Waals surface area contributed by atoms with Crippen LogP contribution in [0.1, 0.15) is 5.56 Å². The van der Waals surface area contributed by atoms with E-state index in [0.717, 1.165) is 4.90 Å². The quantitative estimate of drug-likeness (QED) is 0.683. The van der Waals surface area contributed by atoms with Crippen LogP contribution in [-0.4, -0.2) is 27.1 Å². The third kappa shape index (κ3) is 2.56. The summed E-state index contributed by atoms with van der Waals surface area (Å²) in [6, 6.07) is 5.63. The predicted molar refractivity (Wildman–Crippen MR) is 68.4 cm³/mol. The first-order chi connectivity index (χ1) is 8.91. The molecule has 1 N–H and O–H groups in total. The van der Waals surface area contributed by atoms with Crippen LogP contribution in [0.2, 0.25) is 0 Å². The largest absolute Gasteiger partial charge is 0.368 e. The van der Waals surface area contributed by atoms with Crippen molar-refractivity contribution in [3.05, 3.63) is 50.0 Å². The first kappa shape index (κ1) is 13.8. The van der Waals surface area contributed by atoms with Crippen molar-refractivity contribution in [2.75, 3.05) is 0 Å². The molecule has 0 saturated carbocycles. The number of hydrogen-bond donors (Lipinski definition) is 1. The number of non-ortho nitro benzene ring substituents is 1. The van der Waals surface area contributed by atoms with Gasteiger partial charge in [-0.25, -0.2) is 0 Å². The number of hydrogen-bond acceptors (Lipinski definition) is 4. The van der Waals surface area contributed by atoms with E-state index in [1.165, 1.54) is 24.3 Å². The second-order valence-electron chi connectivity index (χ2n) is 3.89. The Morgan fingerprint density at radius 1 is 1.32 bits per heavy atom. The Morgan fingerprint density at radius 3 is 2.32 bits per heavy atom. The van der Waals surface area contributed by atoms with Crippen LogP contribution in [-0.2, 0) is 11.3 Å². The third-order valence-electron chi connectivity index (χ3n) is 2.68. The maximum Gasteiger partial charge on any atom is 0.269 e. The van der Waals surface area contributed by atoms with E-state index in [1.807, 2.05) is 0 Å². The average molecular weight is 303 g/mol. The molecular formula is C11H8Cl2N2O4. The van der Waals surface area contributed by atoms with Gasteiger partial charge in [-0.2, -0.15) is 0 Å². The van der Waals surface area contributed by atoms with E-state index in [1.54, 1.807) is 0 Å². The van der Waals surface area contributed by atoms with Crippen LogP contribution in [0.4, 0.5) is 5.69 Å². The van der Waals surface area contributed by atoms with Gasteiger partial charge in [0.1, 0.15) is 5.03 Å². The van der Waals surface area contributed by atoms with Gasteiger partial charge in [-0.05, 0) is 5.56 Å². The summed E-state index contributed by atoms with van der Waals surface area (Å²) < 4.78 is 0. The SMILES string of the molecule is O=C1C(Cl)=C(Cl)C(O)N1Cc1ccc([N+](=O)[O-])cc1. The number of rotatable bonds is 3. The molecule has 0 saturated heterocycles. The summed E-state index contributed by atoms with van der Waals surface area (Å²) in [5, 5.41) is 19.9. The van der Waals surface area contributed by atoms with Crippen molar-refractivity contribution in [3.63, 3.8) is 0 Å². The molecule has 1 aliphatic heterocycles. The van der Waals surface area contributed by atoms with E-state index in [-0.39, 0.29) is 22.3 Å². The van der Waals surface area contributed by atoms with Crippen LogP contribution in [0.5, 0.6) is 0 Å². The van der Waals surface area contributed by atoms with E-state index in [4.69, 9.17) is 23.2 Å². The molecule has 1 aliphatic rings. The molecule has 2 rings (SSSR count). The number of nitro benzene ring substituents is 1. The molecular weight excluding hydrogens is 295 g/mol. The minimum atomic E-state index is -1.28. The second kappa shape index (κ2) is 5.16. The number of nitro groups is 1. The molecule has 1 amide bonds. The Balaban J connectivity index is 2.15. The Labute approximate surface area is 118 Å². The van der Waals surface area contributed by atoms with Crippen molar-refractivity contribution < 1.29 is 14.8 Å². The van der Waals surface area contributed by atoms with Crippen LogP contribution in [0.3, 0.4) is 0 Å². The smallest absolute Gasteiger partial charge is 0.269 e. The average Bonchev–Trinajstić information content (AvgIpc) is 2.57. The van der Waals surface area contributed by atoms with Gasteiger partial charge in [-0.15, -0.1) is 0 Å². The summed E-state index contributed by atoms with van der Waals surface area (Å²) in [5.74, 6) is -0.572. The molecule has 0 bridgehead atoms. The molecule has 6 nitrogen and oxygen atoms in total. The number of nitrogens with zero attached hydrogens (tertiary/aromatic N) is 2. The zero-order valence-electron chi connectivity index (χ0n) is 9.42. The van der Waals surface area contributed by atoms with Gasteiger partial charge in [0.15, 0.2) is 6.23 Å². The molecule has 0 aromatic heterocycles. The van der Waals surface area contributed by atoms with Crippen LogP contribution in [0.15, 0.2) is 34.3 Å². The lowest BCUT2D eigenvalue weighted by Crippen LogP contribution is -2.34. The summed E-state index contributed by atoms with van der Waals surface area (Å²) in [7, 11) is 0. The lowest BCUT2D eigenvalue weighted by atomic mass is 10.2. The maximum atomic E-state index is 11.7. The highest BCUT2D eigenvalue weighted by molar-refractivity contribution is 6.49. The van der Waals surface area contributed by atoms with Gasteiger partial charge < -0.3 is 10.0 Å². The number of carbonyl (C=O) groups is 1. The van der Waals surface area contributed by atoms with Gasteiger partial charge in [0.25, 0.3) is 11.6 Å². The molecule has 0 aliphatic carbocycles. The van der Waals surface area contributed by atoms with E-state index in [0.29, 0.717) is 5.56 Å². The normalized spacial score (nSPS) is 19.2. The monoisotopic (exact) mass is 302 g/mol. The van der Waals surface area contributed by atoms with Gasteiger partial charge in [0, 0.05) is 18.7 Å². The fraction of sp³-hybridized carbons (Fsp3) is 0.182. The first-order valence-electron chi connectivity index (χ1n) is 5.19. The molecule has 19 heavy (non-hydrogen) atoms. The van der Waals surface area contributed by atoms with Crippen molar-refractivity contribution in [2.24, 2.45) is 0 Å². The minimum absolute atomic E-state index is 0.0498. The molecule has 100 valence electrons. The summed E-state index contributed by atoms with van der Waals surface area (Å²) in [4.78, 5) is 22.8. The van der Waals surface area contributed by atoms with Crippen molar-refractivity contribution in [1.82, 2.24) is 4.90 Å². The van der Waals surface area contributed by atoms with Gasteiger partial charge in [0.2, 0.25) is 0 Å². The molecule has 1 aromatic rings. The van der Waals surface area contributed by atoms with E-state index in [9.17, 15) is 20.0 Å². The maximum absolute atomic E-state index is 11.7. The highest BCUT2D eigenvalue weighted by atomic mass is 35.5. The number of carbonyl (C=O) groups excluding carboxylic acids is 1. The van der Waals surface area contributed by atoms with Crippen LogP contribution in [0.25, 0.3) is 0 Å². The fourth-order valence-electron chi connectivity index (χ4n) is 1.67. The standard InChI is InChI=1S/C11H8Cl2N2O4/c12-8-9(13)11(17)14(10(8)16)5-6-1-3-7(4-2-6)15(18)19/h1-4,10,16H,5H2. The molecule has 0 fully saturated rings. The molecule has 0 spiro atoms. The third-order valence-corrected chi connectivity index (χ3v) is 3.53. The lowest BCUT2D eigenvalue weighted by Gasteiger charge is -2.20. The van der Waals surface area contributed by atoms with Gasteiger partial charge in [-0.1, -0.05) is 35.3 Å². The molecule has 0 radical (unpaired) electrons. The van der Waals surface area contributed by atoms with E-state index < -0.39 is 17.1 Å². The summed E-state index contributed by atoms with van der Waals surface area (Å²) in [6.45, 7) is 0.0600. The Hall–Kier alpha value is -1.63. The highest BCUT2D eigenvalue weighted by Gasteiger charge is 2.36. The first-order valence-corrected chi connectivity index (χ1v) is 5.95. The predicted octanol–water partition coefficient (Wildman–Crippen LogP) is 1.94. The summed E-state index contributed by atoms with van der Waals surface area (Å²) >= 11 is 11.3. The molecule has 1 aromatic carbocycles. The number of amides is 1. The Morgan fingerprint density at radius 2 is 1.89 bits per heavy atom. The summed E-state index contributed by atoms with van der Waals surface area (Å²) in [5.41, 5.74) is 0.570. The van der Waals surface area contributed by atoms with Crippen molar-refractivity contribution in [2.45, 2.75) is 12.8 Å². The van der Waals surface area contributed by atoms with Crippen LogP contribution >= 0.6 is 23.2 Å². The lowest BCUT2D eigenvalue weighted by molar-refractivity contribution is -0.384. The van der Waals surface area contributed by atoms with Crippen LogP contribution in [0, 0.1) is 10.1 Å². The zero-order chi connectivity index (χ0) is 14.2. The topological polar surface area (TPSA) is 83.7 Å². The highest BCUT2D eigenvalue weighted by Crippen LogP contribution is 2.31. The van der Waals surface area contributed by atoms with E-state index in [2.05, 4.69) is 0 Å². The van der Waals surface area contributed by atoms with Crippen molar-refractivity contribution >= 4 is 34.8 Å². The Kier molecular flexibility index (Phi) is 3.75. The molecule has 1 heterocycles. The Bertz CT molecular complexity index is 571.